The van der Waals surface area contributed by atoms with E-state index in [0.29, 0.717) is 10.0 Å². The highest BCUT2D eigenvalue weighted by atomic mass is 35.5. The number of anilines is 3. The molecule has 2 nitrogen and oxygen atoms in total. The molecule has 3 N–H and O–H groups in total. The first-order valence-electron chi connectivity index (χ1n) is 5.15. The van der Waals surface area contributed by atoms with Gasteiger partial charge in [0.15, 0.2) is 0 Å². The SMILES string of the molecule is Cc1ccc(Nc2cccc(Cl)c2Cl)cc1N. The molecule has 0 heterocycles. The summed E-state index contributed by atoms with van der Waals surface area (Å²) in [6.45, 7) is 1.96. The topological polar surface area (TPSA) is 38.0 Å². The average molecular weight is 267 g/mol. The van der Waals surface area contributed by atoms with Crippen molar-refractivity contribution in [2.24, 2.45) is 0 Å². The van der Waals surface area contributed by atoms with E-state index in [1.807, 2.05) is 37.3 Å². The smallest absolute Gasteiger partial charge is 0.0827 e. The van der Waals surface area contributed by atoms with Crippen LogP contribution < -0.4 is 11.1 Å². The molecule has 0 aromatic heterocycles. The Kier molecular flexibility index (Phi) is 3.46. The molecule has 0 aliphatic heterocycles. The van der Waals surface area contributed by atoms with E-state index < -0.39 is 0 Å². The van der Waals surface area contributed by atoms with Crippen LogP contribution in [0.15, 0.2) is 36.4 Å². The van der Waals surface area contributed by atoms with E-state index in [1.165, 1.54) is 0 Å². The van der Waals surface area contributed by atoms with Gasteiger partial charge in [-0.2, -0.15) is 0 Å². The molecule has 0 spiro atoms. The molecule has 0 saturated heterocycles. The maximum atomic E-state index is 6.09. The number of rotatable bonds is 2. The molecule has 0 saturated carbocycles. The molecule has 17 heavy (non-hydrogen) atoms. The van der Waals surface area contributed by atoms with Gasteiger partial charge in [0, 0.05) is 11.4 Å². The molecule has 2 rings (SSSR count). The van der Waals surface area contributed by atoms with Crippen LogP contribution in [0.3, 0.4) is 0 Å². The lowest BCUT2D eigenvalue weighted by atomic mass is 10.2. The number of aryl methyl sites for hydroxylation is 1. The summed E-state index contributed by atoms with van der Waals surface area (Å²) < 4.78 is 0. The Morgan fingerprint density at radius 1 is 1.12 bits per heavy atom. The maximum Gasteiger partial charge on any atom is 0.0827 e. The molecule has 4 heteroatoms. The van der Waals surface area contributed by atoms with Crippen molar-refractivity contribution >= 4 is 40.3 Å². The van der Waals surface area contributed by atoms with Crippen molar-refractivity contribution in [1.29, 1.82) is 0 Å². The van der Waals surface area contributed by atoms with Crippen molar-refractivity contribution in [2.75, 3.05) is 11.1 Å². The van der Waals surface area contributed by atoms with Crippen molar-refractivity contribution in [2.45, 2.75) is 6.92 Å². The number of nitrogen functional groups attached to an aromatic ring is 1. The normalized spacial score (nSPS) is 10.3. The quantitative estimate of drug-likeness (QED) is 0.778. The Morgan fingerprint density at radius 3 is 2.59 bits per heavy atom. The number of hydrogen-bond acceptors (Lipinski definition) is 2. The van der Waals surface area contributed by atoms with Crippen LogP contribution in [0.5, 0.6) is 0 Å². The average Bonchev–Trinajstić information content (AvgIpc) is 2.30. The van der Waals surface area contributed by atoms with Crippen molar-refractivity contribution in [3.8, 4) is 0 Å². The minimum atomic E-state index is 0.508. The second-order valence-electron chi connectivity index (χ2n) is 3.80. The van der Waals surface area contributed by atoms with E-state index >= 15 is 0 Å². The van der Waals surface area contributed by atoms with Gasteiger partial charge in [0.2, 0.25) is 0 Å². The summed E-state index contributed by atoms with van der Waals surface area (Å²) in [6, 6.07) is 11.2. The molecule has 0 aliphatic rings. The standard InChI is InChI=1S/C13H12Cl2N2/c1-8-5-6-9(7-11(8)16)17-12-4-2-3-10(14)13(12)15/h2-7,17H,16H2,1H3. The molecule has 0 bridgehead atoms. The van der Waals surface area contributed by atoms with Crippen LogP contribution >= 0.6 is 23.2 Å². The molecule has 0 atom stereocenters. The molecular formula is C13H12Cl2N2. The molecule has 2 aromatic carbocycles. The van der Waals surface area contributed by atoms with Gasteiger partial charge in [-0.15, -0.1) is 0 Å². The Hall–Kier alpha value is -1.38. The fourth-order valence-electron chi connectivity index (χ4n) is 1.47. The Bertz CT molecular complexity index is 553. The highest BCUT2D eigenvalue weighted by Crippen LogP contribution is 2.32. The van der Waals surface area contributed by atoms with Crippen LogP contribution in [0.4, 0.5) is 17.1 Å². The summed E-state index contributed by atoms with van der Waals surface area (Å²) in [6.07, 6.45) is 0. The predicted octanol–water partition coefficient (Wildman–Crippen LogP) is 4.63. The lowest BCUT2D eigenvalue weighted by molar-refractivity contribution is 1.45. The van der Waals surface area contributed by atoms with Crippen molar-refractivity contribution in [3.63, 3.8) is 0 Å². The lowest BCUT2D eigenvalue weighted by Crippen LogP contribution is -1.95. The van der Waals surface area contributed by atoms with Crippen LogP contribution in [-0.2, 0) is 0 Å². The second kappa shape index (κ2) is 4.86. The van der Waals surface area contributed by atoms with E-state index in [1.54, 1.807) is 6.07 Å². The zero-order valence-electron chi connectivity index (χ0n) is 9.30. The summed E-state index contributed by atoms with van der Waals surface area (Å²) in [7, 11) is 0. The van der Waals surface area contributed by atoms with E-state index in [9.17, 15) is 0 Å². The van der Waals surface area contributed by atoms with E-state index in [0.717, 1.165) is 22.6 Å². The van der Waals surface area contributed by atoms with Gasteiger partial charge in [-0.05, 0) is 36.8 Å². The zero-order valence-corrected chi connectivity index (χ0v) is 10.8. The largest absolute Gasteiger partial charge is 0.398 e. The first-order chi connectivity index (χ1) is 8.08. The van der Waals surface area contributed by atoms with E-state index in [4.69, 9.17) is 28.9 Å². The first kappa shape index (κ1) is 12.1. The third-order valence-corrected chi connectivity index (χ3v) is 3.33. The molecule has 2 aromatic rings. The van der Waals surface area contributed by atoms with Gasteiger partial charge in [0.25, 0.3) is 0 Å². The monoisotopic (exact) mass is 266 g/mol. The van der Waals surface area contributed by atoms with Gasteiger partial charge in [-0.25, -0.2) is 0 Å². The summed E-state index contributed by atoms with van der Waals surface area (Å²) in [5, 5.41) is 4.22. The Morgan fingerprint density at radius 2 is 1.88 bits per heavy atom. The Balaban J connectivity index is 2.31. The van der Waals surface area contributed by atoms with Crippen LogP contribution in [0.2, 0.25) is 10.0 Å². The highest BCUT2D eigenvalue weighted by molar-refractivity contribution is 6.43. The molecule has 0 radical (unpaired) electrons. The molecular weight excluding hydrogens is 255 g/mol. The van der Waals surface area contributed by atoms with Gasteiger partial charge >= 0.3 is 0 Å². The number of hydrogen-bond donors (Lipinski definition) is 2. The zero-order chi connectivity index (χ0) is 12.4. The molecule has 0 amide bonds. The van der Waals surface area contributed by atoms with E-state index in [-0.39, 0.29) is 0 Å². The Labute approximate surface area is 110 Å². The summed E-state index contributed by atoms with van der Waals surface area (Å²) in [5.41, 5.74) is 9.29. The van der Waals surface area contributed by atoms with Crippen LogP contribution in [0, 0.1) is 6.92 Å². The summed E-state index contributed by atoms with van der Waals surface area (Å²) in [4.78, 5) is 0. The van der Waals surface area contributed by atoms with Gasteiger partial charge in [-0.3, -0.25) is 0 Å². The predicted molar refractivity (Wildman–Crippen MR) is 75.3 cm³/mol. The van der Waals surface area contributed by atoms with Crippen LogP contribution in [0.1, 0.15) is 5.56 Å². The van der Waals surface area contributed by atoms with Gasteiger partial charge in [0.05, 0.1) is 15.7 Å². The summed E-state index contributed by atoms with van der Waals surface area (Å²) in [5.74, 6) is 0. The van der Waals surface area contributed by atoms with E-state index in [2.05, 4.69) is 5.32 Å². The first-order valence-corrected chi connectivity index (χ1v) is 5.90. The fraction of sp³-hybridized carbons (Fsp3) is 0.0769. The molecule has 0 aliphatic carbocycles. The fourth-order valence-corrected chi connectivity index (χ4v) is 1.82. The number of nitrogens with two attached hydrogens (primary N) is 1. The summed E-state index contributed by atoms with van der Waals surface area (Å²) >= 11 is 12.0. The van der Waals surface area contributed by atoms with Crippen molar-refractivity contribution in [3.05, 3.63) is 52.0 Å². The van der Waals surface area contributed by atoms with Gasteiger partial charge in [-0.1, -0.05) is 35.3 Å². The third kappa shape index (κ3) is 2.65. The van der Waals surface area contributed by atoms with Crippen molar-refractivity contribution < 1.29 is 0 Å². The number of benzene rings is 2. The molecule has 0 fully saturated rings. The lowest BCUT2D eigenvalue weighted by Gasteiger charge is -2.10. The van der Waals surface area contributed by atoms with Gasteiger partial charge in [0.1, 0.15) is 0 Å². The number of nitrogens with one attached hydrogen (secondary N) is 1. The number of halogens is 2. The van der Waals surface area contributed by atoms with Crippen molar-refractivity contribution in [1.82, 2.24) is 0 Å². The van der Waals surface area contributed by atoms with Gasteiger partial charge < -0.3 is 11.1 Å². The van der Waals surface area contributed by atoms with Crippen LogP contribution in [-0.4, -0.2) is 0 Å². The highest BCUT2D eigenvalue weighted by Gasteiger charge is 2.04. The minimum absolute atomic E-state index is 0.508. The molecule has 88 valence electrons. The molecule has 0 unspecified atom stereocenters. The maximum absolute atomic E-state index is 6.09. The third-order valence-electron chi connectivity index (χ3n) is 2.51. The second-order valence-corrected chi connectivity index (χ2v) is 4.58. The van der Waals surface area contributed by atoms with Crippen LogP contribution in [0.25, 0.3) is 0 Å². The minimum Gasteiger partial charge on any atom is -0.398 e.